The number of aromatic carboxylic acids is 1. The van der Waals surface area contributed by atoms with Crippen molar-refractivity contribution in [3.8, 4) is 0 Å². The molecule has 2 N–H and O–H groups in total. The monoisotopic (exact) mass is 309 g/mol. The Morgan fingerprint density at radius 2 is 2.19 bits per heavy atom. The summed E-state index contributed by atoms with van der Waals surface area (Å²) in [7, 11) is -3.74. The van der Waals surface area contributed by atoms with Crippen molar-refractivity contribution in [3.05, 3.63) is 47.8 Å². The summed E-state index contributed by atoms with van der Waals surface area (Å²) in [6.07, 6.45) is 3.33. The number of sulfonamides is 1. The summed E-state index contributed by atoms with van der Waals surface area (Å²) < 4.78 is 28.2. The molecule has 2 rings (SSSR count). The molecular formula is C13H15N3O4S. The number of carbonyl (C=O) groups is 1. The Morgan fingerprint density at radius 1 is 1.43 bits per heavy atom. The van der Waals surface area contributed by atoms with Crippen LogP contribution >= 0.6 is 0 Å². The van der Waals surface area contributed by atoms with Crippen LogP contribution < -0.4 is 4.72 Å². The number of nitrogens with one attached hydrogen (secondary N) is 1. The lowest BCUT2D eigenvalue weighted by molar-refractivity contribution is 0.0696. The summed E-state index contributed by atoms with van der Waals surface area (Å²) in [5, 5.41) is 13.0. The van der Waals surface area contributed by atoms with E-state index < -0.39 is 16.0 Å². The topological polar surface area (TPSA) is 101 Å². The van der Waals surface area contributed by atoms with Gasteiger partial charge in [0.1, 0.15) is 0 Å². The summed E-state index contributed by atoms with van der Waals surface area (Å²) in [5.41, 5.74) is 0.489. The van der Waals surface area contributed by atoms with Gasteiger partial charge < -0.3 is 5.11 Å². The highest BCUT2D eigenvalue weighted by atomic mass is 32.2. The van der Waals surface area contributed by atoms with E-state index >= 15 is 0 Å². The number of aryl methyl sites for hydroxylation is 1. The van der Waals surface area contributed by atoms with E-state index in [1.807, 2.05) is 0 Å². The predicted molar refractivity (Wildman–Crippen MR) is 75.6 cm³/mol. The minimum Gasteiger partial charge on any atom is -0.478 e. The molecule has 0 amide bonds. The van der Waals surface area contributed by atoms with E-state index in [9.17, 15) is 13.2 Å². The van der Waals surface area contributed by atoms with E-state index in [4.69, 9.17) is 5.11 Å². The van der Waals surface area contributed by atoms with Gasteiger partial charge in [-0.15, -0.1) is 0 Å². The smallest absolute Gasteiger partial charge is 0.335 e. The van der Waals surface area contributed by atoms with E-state index in [0.29, 0.717) is 12.1 Å². The van der Waals surface area contributed by atoms with Crippen molar-refractivity contribution in [2.45, 2.75) is 18.4 Å². The molecule has 0 bridgehead atoms. The molecule has 0 spiro atoms. The third-order valence-corrected chi connectivity index (χ3v) is 4.40. The average molecular weight is 309 g/mol. The molecule has 7 nitrogen and oxygen atoms in total. The summed E-state index contributed by atoms with van der Waals surface area (Å²) in [5.74, 6) is -1.15. The number of carboxylic acid groups (broad SMARTS) is 1. The molecule has 0 aliphatic heterocycles. The van der Waals surface area contributed by atoms with Gasteiger partial charge in [0.05, 0.1) is 17.0 Å². The van der Waals surface area contributed by atoms with Gasteiger partial charge in [-0.1, -0.05) is 6.07 Å². The Morgan fingerprint density at radius 3 is 2.81 bits per heavy atom. The maximum absolute atomic E-state index is 12.1. The molecule has 0 radical (unpaired) electrons. The lowest BCUT2D eigenvalue weighted by Crippen LogP contribution is -2.27. The number of carboxylic acids is 1. The van der Waals surface area contributed by atoms with Gasteiger partial charge in [0, 0.05) is 18.9 Å². The largest absolute Gasteiger partial charge is 0.478 e. The second-order valence-corrected chi connectivity index (χ2v) is 6.22. The molecule has 1 aromatic carbocycles. The number of nitrogens with zero attached hydrogens (tertiary/aromatic N) is 2. The van der Waals surface area contributed by atoms with Gasteiger partial charge in [-0.25, -0.2) is 17.9 Å². The molecule has 8 heteroatoms. The minimum absolute atomic E-state index is 0.0232. The quantitative estimate of drug-likeness (QED) is 0.824. The molecule has 0 fully saturated rings. The second kappa shape index (κ2) is 6.06. The first-order chi connectivity index (χ1) is 9.90. The van der Waals surface area contributed by atoms with Crippen LogP contribution in [0.2, 0.25) is 0 Å². The highest BCUT2D eigenvalue weighted by Crippen LogP contribution is 2.15. The van der Waals surface area contributed by atoms with Crippen molar-refractivity contribution in [1.82, 2.24) is 14.5 Å². The molecule has 0 saturated carbocycles. The number of hydrogen-bond donors (Lipinski definition) is 2. The zero-order valence-corrected chi connectivity index (χ0v) is 12.2. The van der Waals surface area contributed by atoms with Crippen LogP contribution in [0, 0.1) is 6.92 Å². The van der Waals surface area contributed by atoms with E-state index in [-0.39, 0.29) is 17.0 Å². The van der Waals surface area contributed by atoms with Crippen LogP contribution in [0.4, 0.5) is 0 Å². The van der Waals surface area contributed by atoms with Crippen LogP contribution in [0.1, 0.15) is 15.9 Å². The van der Waals surface area contributed by atoms with Gasteiger partial charge in [-0.05, 0) is 30.7 Å². The number of rotatable bonds is 6. The Labute approximate surface area is 122 Å². The molecule has 0 saturated heterocycles. The fourth-order valence-electron chi connectivity index (χ4n) is 1.81. The molecule has 0 aliphatic carbocycles. The average Bonchev–Trinajstić information content (AvgIpc) is 2.91. The van der Waals surface area contributed by atoms with Crippen LogP contribution in [0.3, 0.4) is 0 Å². The highest BCUT2D eigenvalue weighted by Gasteiger charge is 2.17. The van der Waals surface area contributed by atoms with Gasteiger partial charge in [-0.2, -0.15) is 5.10 Å². The first kappa shape index (κ1) is 15.2. The summed E-state index contributed by atoms with van der Waals surface area (Å²) >= 11 is 0. The van der Waals surface area contributed by atoms with Gasteiger partial charge in [0.25, 0.3) is 0 Å². The molecular weight excluding hydrogens is 294 g/mol. The van der Waals surface area contributed by atoms with Crippen LogP contribution in [0.25, 0.3) is 0 Å². The zero-order valence-electron chi connectivity index (χ0n) is 11.4. The van der Waals surface area contributed by atoms with Crippen LogP contribution in [-0.4, -0.2) is 35.8 Å². The van der Waals surface area contributed by atoms with Crippen LogP contribution in [0.5, 0.6) is 0 Å². The Hall–Kier alpha value is -2.19. The predicted octanol–water partition coefficient (Wildman–Crippen LogP) is 0.868. The van der Waals surface area contributed by atoms with Gasteiger partial charge >= 0.3 is 5.97 Å². The maximum Gasteiger partial charge on any atom is 0.335 e. The van der Waals surface area contributed by atoms with Crippen molar-refractivity contribution < 1.29 is 18.3 Å². The van der Waals surface area contributed by atoms with Gasteiger partial charge in [-0.3, -0.25) is 4.68 Å². The molecule has 2 aromatic rings. The van der Waals surface area contributed by atoms with Crippen molar-refractivity contribution >= 4 is 16.0 Å². The third kappa shape index (κ3) is 3.67. The highest BCUT2D eigenvalue weighted by molar-refractivity contribution is 7.89. The number of hydrogen-bond acceptors (Lipinski definition) is 4. The fourth-order valence-corrected chi connectivity index (χ4v) is 2.86. The molecule has 0 unspecified atom stereocenters. The lowest BCUT2D eigenvalue weighted by Gasteiger charge is -2.09. The zero-order chi connectivity index (χ0) is 15.5. The molecule has 21 heavy (non-hydrogen) atoms. The Bertz CT molecular complexity index is 739. The van der Waals surface area contributed by atoms with Crippen molar-refractivity contribution in [3.63, 3.8) is 0 Å². The van der Waals surface area contributed by atoms with Crippen molar-refractivity contribution in [2.24, 2.45) is 0 Å². The van der Waals surface area contributed by atoms with Crippen molar-refractivity contribution in [2.75, 3.05) is 6.54 Å². The second-order valence-electron chi connectivity index (χ2n) is 4.45. The molecule has 0 aliphatic rings. The summed E-state index contributed by atoms with van der Waals surface area (Å²) in [6, 6.07) is 5.77. The molecule has 0 atom stereocenters. The third-order valence-electron chi connectivity index (χ3n) is 2.94. The van der Waals surface area contributed by atoms with E-state index in [1.165, 1.54) is 12.1 Å². The van der Waals surface area contributed by atoms with Crippen LogP contribution in [0.15, 0.2) is 41.6 Å². The lowest BCUT2D eigenvalue weighted by atomic mass is 10.1. The van der Waals surface area contributed by atoms with Gasteiger partial charge in [0.15, 0.2) is 0 Å². The normalized spacial score (nSPS) is 11.5. The number of aromatic nitrogens is 2. The van der Waals surface area contributed by atoms with Gasteiger partial charge in [0.2, 0.25) is 10.0 Å². The standard InChI is InChI=1S/C13H15N3O4S/c1-10-3-4-11(9-12(10)13(17)18)21(19,20)15-6-8-16-7-2-5-14-16/h2-5,7,9,15H,6,8H2,1H3,(H,17,18). The first-order valence-corrected chi connectivity index (χ1v) is 7.69. The summed E-state index contributed by atoms with van der Waals surface area (Å²) in [4.78, 5) is 11.0. The minimum atomic E-state index is -3.74. The van der Waals surface area contributed by atoms with E-state index in [0.717, 1.165) is 6.07 Å². The van der Waals surface area contributed by atoms with E-state index in [1.54, 1.807) is 30.1 Å². The Balaban J connectivity index is 2.12. The van der Waals surface area contributed by atoms with Crippen molar-refractivity contribution in [1.29, 1.82) is 0 Å². The molecule has 112 valence electrons. The number of benzene rings is 1. The molecule has 1 aromatic heterocycles. The first-order valence-electron chi connectivity index (χ1n) is 6.21. The Kier molecular flexibility index (Phi) is 4.39. The SMILES string of the molecule is Cc1ccc(S(=O)(=O)NCCn2cccn2)cc1C(=O)O. The van der Waals surface area contributed by atoms with Crippen LogP contribution in [-0.2, 0) is 16.6 Å². The molecule has 1 heterocycles. The van der Waals surface area contributed by atoms with E-state index in [2.05, 4.69) is 9.82 Å². The summed E-state index contributed by atoms with van der Waals surface area (Å²) in [6.45, 7) is 2.18. The fraction of sp³-hybridized carbons (Fsp3) is 0.231. The maximum atomic E-state index is 12.1.